The highest BCUT2D eigenvalue weighted by atomic mass is 79.9. The van der Waals surface area contributed by atoms with Crippen LogP contribution in [0.3, 0.4) is 0 Å². The first-order chi connectivity index (χ1) is 5.24. The van der Waals surface area contributed by atoms with E-state index in [2.05, 4.69) is 26.7 Å². The molecule has 0 fully saturated rings. The lowest BCUT2D eigenvalue weighted by molar-refractivity contribution is 0.0600. The number of halogens is 1. The lowest BCUT2D eigenvalue weighted by atomic mass is 10.2. The minimum atomic E-state index is -0.369. The predicted octanol–water partition coefficient (Wildman–Crippen LogP) is 2.04. The van der Waals surface area contributed by atoms with Gasteiger partial charge in [0.25, 0.3) is 0 Å². The van der Waals surface area contributed by atoms with Gasteiger partial charge < -0.3 is 4.74 Å². The van der Waals surface area contributed by atoms with Gasteiger partial charge in [0, 0.05) is 4.47 Å². The van der Waals surface area contributed by atoms with E-state index >= 15 is 0 Å². The second-order valence-electron chi connectivity index (χ2n) is 1.91. The number of esters is 1. The number of rotatable bonds is 1. The molecule has 57 valence electrons. The minimum absolute atomic E-state index is 0.369. The number of carbonyl (C=O) groups is 1. The summed E-state index contributed by atoms with van der Waals surface area (Å²) in [5.41, 5.74) is 0.432. The number of benzene rings is 1. The van der Waals surface area contributed by atoms with E-state index in [9.17, 15) is 4.79 Å². The van der Waals surface area contributed by atoms with Crippen molar-refractivity contribution in [3.63, 3.8) is 0 Å². The van der Waals surface area contributed by atoms with Crippen LogP contribution < -0.4 is 0 Å². The third-order valence-electron chi connectivity index (χ3n) is 1.17. The van der Waals surface area contributed by atoms with E-state index in [-0.39, 0.29) is 5.97 Å². The van der Waals surface area contributed by atoms with Crippen molar-refractivity contribution in [2.45, 2.75) is 0 Å². The SMILES string of the molecule is COC(=O)c1[c]ccc(Br)c1. The van der Waals surface area contributed by atoms with E-state index in [0.717, 1.165) is 4.47 Å². The van der Waals surface area contributed by atoms with Crippen molar-refractivity contribution in [1.29, 1.82) is 0 Å². The van der Waals surface area contributed by atoms with Gasteiger partial charge >= 0.3 is 5.97 Å². The molecule has 2 nitrogen and oxygen atoms in total. The molecule has 1 aromatic rings. The molecule has 0 spiro atoms. The van der Waals surface area contributed by atoms with E-state index in [1.807, 2.05) is 0 Å². The van der Waals surface area contributed by atoms with Crippen LogP contribution in [-0.4, -0.2) is 13.1 Å². The maximum Gasteiger partial charge on any atom is 0.338 e. The first-order valence-electron chi connectivity index (χ1n) is 2.99. The molecule has 0 atom stereocenters. The van der Waals surface area contributed by atoms with Gasteiger partial charge in [-0.15, -0.1) is 0 Å². The lowest BCUT2D eigenvalue weighted by Crippen LogP contribution is -2.00. The van der Waals surface area contributed by atoms with Crippen LogP contribution in [0, 0.1) is 6.07 Å². The molecule has 0 heterocycles. The molecule has 0 aliphatic rings. The third-order valence-corrected chi connectivity index (χ3v) is 1.66. The van der Waals surface area contributed by atoms with E-state index in [1.54, 1.807) is 18.2 Å². The van der Waals surface area contributed by atoms with Crippen LogP contribution in [0.1, 0.15) is 10.4 Å². The monoisotopic (exact) mass is 213 g/mol. The van der Waals surface area contributed by atoms with Crippen LogP contribution in [-0.2, 0) is 4.74 Å². The Balaban J connectivity index is 2.96. The third kappa shape index (κ3) is 2.05. The molecule has 1 rings (SSSR count). The number of carbonyl (C=O) groups excluding carboxylic acids is 1. The fraction of sp³-hybridized carbons (Fsp3) is 0.125. The van der Waals surface area contributed by atoms with Gasteiger partial charge in [0.15, 0.2) is 0 Å². The van der Waals surface area contributed by atoms with Crippen LogP contribution in [0.15, 0.2) is 22.7 Å². The summed E-state index contributed by atoms with van der Waals surface area (Å²) in [6.45, 7) is 0. The van der Waals surface area contributed by atoms with Crippen LogP contribution in [0.2, 0.25) is 0 Å². The van der Waals surface area contributed by atoms with Gasteiger partial charge in [0.05, 0.1) is 12.7 Å². The molecule has 0 aliphatic heterocycles. The van der Waals surface area contributed by atoms with Crippen LogP contribution >= 0.6 is 15.9 Å². The van der Waals surface area contributed by atoms with Gasteiger partial charge in [0.1, 0.15) is 0 Å². The molecule has 0 bridgehead atoms. The Morgan fingerprint density at radius 3 is 3.00 bits per heavy atom. The first-order valence-corrected chi connectivity index (χ1v) is 3.79. The van der Waals surface area contributed by atoms with Gasteiger partial charge in [-0.1, -0.05) is 22.0 Å². The first kappa shape index (κ1) is 8.27. The second-order valence-corrected chi connectivity index (χ2v) is 2.83. The van der Waals surface area contributed by atoms with E-state index in [1.165, 1.54) is 7.11 Å². The zero-order valence-corrected chi connectivity index (χ0v) is 7.51. The topological polar surface area (TPSA) is 26.3 Å². The molecule has 11 heavy (non-hydrogen) atoms. The predicted molar refractivity (Wildman–Crippen MR) is 44.3 cm³/mol. The molecular weight excluding hydrogens is 208 g/mol. The second kappa shape index (κ2) is 3.53. The van der Waals surface area contributed by atoms with Crippen molar-refractivity contribution >= 4 is 21.9 Å². The number of methoxy groups -OCH3 is 1. The smallest absolute Gasteiger partial charge is 0.338 e. The van der Waals surface area contributed by atoms with Crippen molar-refractivity contribution in [3.8, 4) is 0 Å². The van der Waals surface area contributed by atoms with Crippen molar-refractivity contribution in [1.82, 2.24) is 0 Å². The lowest BCUT2D eigenvalue weighted by Gasteiger charge is -1.97. The number of hydrogen-bond acceptors (Lipinski definition) is 2. The largest absolute Gasteiger partial charge is 0.465 e. The molecule has 0 unspecified atom stereocenters. The van der Waals surface area contributed by atoms with Crippen LogP contribution in [0.5, 0.6) is 0 Å². The Morgan fingerprint density at radius 2 is 2.45 bits per heavy atom. The average Bonchev–Trinajstić information content (AvgIpc) is 2.03. The summed E-state index contributed by atoms with van der Waals surface area (Å²) >= 11 is 3.23. The van der Waals surface area contributed by atoms with Crippen molar-refractivity contribution in [2.24, 2.45) is 0 Å². The normalized spacial score (nSPS) is 9.27. The summed E-state index contributed by atoms with van der Waals surface area (Å²) in [5, 5.41) is 0. The molecule has 1 radical (unpaired) electrons. The molecule has 0 aromatic heterocycles. The molecule has 1 aromatic carbocycles. The van der Waals surface area contributed by atoms with Gasteiger partial charge in [-0.3, -0.25) is 0 Å². The van der Waals surface area contributed by atoms with Gasteiger partial charge in [-0.05, 0) is 18.2 Å². The highest BCUT2D eigenvalue weighted by molar-refractivity contribution is 9.10. The Labute approximate surface area is 73.3 Å². The molecular formula is C8H6BrO2. The van der Waals surface area contributed by atoms with E-state index < -0.39 is 0 Å². The van der Waals surface area contributed by atoms with Crippen LogP contribution in [0.25, 0.3) is 0 Å². The molecule has 3 heteroatoms. The Kier molecular flexibility index (Phi) is 2.65. The summed E-state index contributed by atoms with van der Waals surface area (Å²) in [6, 6.07) is 7.88. The van der Waals surface area contributed by atoms with Gasteiger partial charge in [-0.25, -0.2) is 4.79 Å². The average molecular weight is 214 g/mol. The minimum Gasteiger partial charge on any atom is -0.465 e. The number of hydrogen-bond donors (Lipinski definition) is 0. The van der Waals surface area contributed by atoms with Crippen molar-refractivity contribution < 1.29 is 9.53 Å². The summed E-state index contributed by atoms with van der Waals surface area (Å²) < 4.78 is 5.34. The Bertz CT molecular complexity index is 271. The summed E-state index contributed by atoms with van der Waals surface area (Å²) in [6.07, 6.45) is 0. The number of ether oxygens (including phenoxy) is 1. The van der Waals surface area contributed by atoms with Crippen LogP contribution in [0.4, 0.5) is 0 Å². The quantitative estimate of drug-likeness (QED) is 0.668. The fourth-order valence-electron chi connectivity index (χ4n) is 0.667. The highest BCUT2D eigenvalue weighted by Gasteiger charge is 2.03. The highest BCUT2D eigenvalue weighted by Crippen LogP contribution is 2.11. The molecule has 0 saturated heterocycles. The zero-order chi connectivity index (χ0) is 8.27. The molecule has 0 saturated carbocycles. The van der Waals surface area contributed by atoms with Crippen molar-refractivity contribution in [3.05, 3.63) is 34.3 Å². The Morgan fingerprint density at radius 1 is 1.73 bits per heavy atom. The maximum atomic E-state index is 10.9. The van der Waals surface area contributed by atoms with E-state index in [0.29, 0.717) is 5.56 Å². The molecule has 0 amide bonds. The fourth-order valence-corrected chi connectivity index (χ4v) is 1.03. The summed E-state index contributed by atoms with van der Waals surface area (Å²) in [5.74, 6) is -0.369. The van der Waals surface area contributed by atoms with Crippen molar-refractivity contribution in [2.75, 3.05) is 7.11 Å². The zero-order valence-electron chi connectivity index (χ0n) is 5.93. The summed E-state index contributed by atoms with van der Waals surface area (Å²) in [4.78, 5) is 10.9. The van der Waals surface area contributed by atoms with E-state index in [4.69, 9.17) is 0 Å². The standard InChI is InChI=1S/C8H6BrO2/c1-11-8(10)6-3-2-4-7(9)5-6/h2,4-5H,1H3. The molecule has 0 aliphatic carbocycles. The van der Waals surface area contributed by atoms with Gasteiger partial charge in [-0.2, -0.15) is 0 Å². The maximum absolute atomic E-state index is 10.9. The molecule has 0 N–H and O–H groups in total. The Hall–Kier alpha value is -0.830. The van der Waals surface area contributed by atoms with Gasteiger partial charge in [0.2, 0.25) is 0 Å². The summed E-state index contributed by atoms with van der Waals surface area (Å²) in [7, 11) is 1.34.